The second-order valence-corrected chi connectivity index (χ2v) is 9.55. The molecule has 1 rings (SSSR count). The van der Waals surface area contributed by atoms with Crippen LogP contribution in [0.3, 0.4) is 0 Å². The summed E-state index contributed by atoms with van der Waals surface area (Å²) in [6.45, 7) is 24.1. The van der Waals surface area contributed by atoms with Crippen LogP contribution in [0.2, 0.25) is 0 Å². The maximum absolute atomic E-state index is 6.11. The molecule has 0 saturated heterocycles. The van der Waals surface area contributed by atoms with Crippen molar-refractivity contribution in [1.29, 1.82) is 0 Å². The van der Waals surface area contributed by atoms with Crippen LogP contribution >= 0.6 is 0 Å². The van der Waals surface area contributed by atoms with Crippen molar-refractivity contribution in [3.8, 4) is 5.75 Å². The highest BCUT2D eigenvalue weighted by Gasteiger charge is 2.23. The van der Waals surface area contributed by atoms with E-state index in [9.17, 15) is 0 Å². The van der Waals surface area contributed by atoms with Crippen molar-refractivity contribution in [2.75, 3.05) is 0 Å². The van der Waals surface area contributed by atoms with Gasteiger partial charge in [0, 0.05) is 6.42 Å². The molecule has 2 heteroatoms. The lowest BCUT2D eigenvalue weighted by molar-refractivity contribution is -0.117. The van der Waals surface area contributed by atoms with E-state index < -0.39 is 0 Å². The van der Waals surface area contributed by atoms with E-state index >= 15 is 0 Å². The van der Waals surface area contributed by atoms with Crippen molar-refractivity contribution >= 4 is 0 Å². The summed E-state index contributed by atoms with van der Waals surface area (Å²) in [6.07, 6.45) is 2.08. The summed E-state index contributed by atoms with van der Waals surface area (Å²) in [5, 5.41) is 0. The van der Waals surface area contributed by atoms with Gasteiger partial charge >= 0.3 is 0 Å². The minimum absolute atomic E-state index is 0.167. The van der Waals surface area contributed by atoms with Crippen LogP contribution in [0, 0.1) is 17.3 Å². The molecule has 1 aromatic rings. The van der Waals surface area contributed by atoms with Crippen molar-refractivity contribution in [1.82, 2.24) is 0 Å². The molecule has 0 amide bonds. The van der Waals surface area contributed by atoms with Gasteiger partial charge in [0.05, 0.1) is 6.10 Å². The molecule has 2 nitrogen and oxygen atoms in total. The molecule has 0 aliphatic carbocycles. The fourth-order valence-electron chi connectivity index (χ4n) is 3.16. The third kappa shape index (κ3) is 11.4. The standard InChI is InChI=1S/C23H40O2.C2H6/c1-16(2)14-22(24-18(5)6)25-20-12-10-19(11-13-20)21(17(3)4)15-23(7,8)9;1-2/h10-13,16-18,21-22H,14-15H2,1-9H3;1-2H3. The van der Waals surface area contributed by atoms with Gasteiger partial charge in [0.2, 0.25) is 0 Å². The molecule has 0 bridgehead atoms. The fraction of sp³-hybridized carbons (Fsp3) is 0.760. The van der Waals surface area contributed by atoms with Crippen LogP contribution in [-0.2, 0) is 4.74 Å². The SMILES string of the molecule is CC.CC(C)CC(Oc1ccc(C(CC(C)(C)C)C(C)C)cc1)OC(C)C. The van der Waals surface area contributed by atoms with Gasteiger partial charge in [-0.15, -0.1) is 0 Å². The van der Waals surface area contributed by atoms with E-state index in [1.807, 2.05) is 13.8 Å². The Balaban J connectivity index is 0.00000326. The smallest absolute Gasteiger partial charge is 0.200 e. The van der Waals surface area contributed by atoms with Gasteiger partial charge in [-0.1, -0.05) is 74.4 Å². The Morgan fingerprint density at radius 2 is 1.37 bits per heavy atom. The van der Waals surface area contributed by atoms with Gasteiger partial charge in [0.1, 0.15) is 5.75 Å². The highest BCUT2D eigenvalue weighted by Crippen LogP contribution is 2.36. The van der Waals surface area contributed by atoms with Gasteiger partial charge in [-0.3, -0.25) is 0 Å². The van der Waals surface area contributed by atoms with Gasteiger partial charge in [0.25, 0.3) is 0 Å². The van der Waals surface area contributed by atoms with Crippen LogP contribution in [-0.4, -0.2) is 12.4 Å². The summed E-state index contributed by atoms with van der Waals surface area (Å²) in [7, 11) is 0. The topological polar surface area (TPSA) is 18.5 Å². The number of rotatable bonds is 9. The minimum Gasteiger partial charge on any atom is -0.465 e. The summed E-state index contributed by atoms with van der Waals surface area (Å²) in [6, 6.07) is 8.66. The van der Waals surface area contributed by atoms with Crippen molar-refractivity contribution in [2.24, 2.45) is 17.3 Å². The maximum Gasteiger partial charge on any atom is 0.200 e. The minimum atomic E-state index is -0.179. The van der Waals surface area contributed by atoms with Crippen LogP contribution in [0.1, 0.15) is 100 Å². The van der Waals surface area contributed by atoms with E-state index in [2.05, 4.69) is 86.6 Å². The molecule has 158 valence electrons. The van der Waals surface area contributed by atoms with Gasteiger partial charge in [-0.05, 0) is 61.1 Å². The lowest BCUT2D eigenvalue weighted by Gasteiger charge is -2.29. The summed E-state index contributed by atoms with van der Waals surface area (Å²) >= 11 is 0. The highest BCUT2D eigenvalue weighted by atomic mass is 16.7. The molecule has 0 N–H and O–H groups in total. The van der Waals surface area contributed by atoms with Crippen molar-refractivity contribution in [3.63, 3.8) is 0 Å². The van der Waals surface area contributed by atoms with E-state index in [4.69, 9.17) is 9.47 Å². The average Bonchev–Trinajstić information content (AvgIpc) is 2.53. The van der Waals surface area contributed by atoms with Gasteiger partial charge in [0.15, 0.2) is 6.29 Å². The molecule has 27 heavy (non-hydrogen) atoms. The number of hydrogen-bond donors (Lipinski definition) is 0. The van der Waals surface area contributed by atoms with Gasteiger partial charge in [-0.2, -0.15) is 0 Å². The summed E-state index contributed by atoms with van der Waals surface area (Å²) < 4.78 is 12.0. The zero-order valence-electron chi connectivity index (χ0n) is 19.9. The van der Waals surface area contributed by atoms with Crippen molar-refractivity contribution < 1.29 is 9.47 Å². The van der Waals surface area contributed by atoms with E-state index in [0.29, 0.717) is 23.2 Å². The van der Waals surface area contributed by atoms with Crippen LogP contribution < -0.4 is 4.74 Å². The molecular formula is C25H46O2. The number of ether oxygens (including phenoxy) is 2. The number of hydrogen-bond acceptors (Lipinski definition) is 2. The van der Waals surface area contributed by atoms with Crippen LogP contribution in [0.25, 0.3) is 0 Å². The Labute approximate surface area is 170 Å². The Bertz CT molecular complexity index is 470. The summed E-state index contributed by atoms with van der Waals surface area (Å²) in [5.74, 6) is 2.64. The lowest BCUT2D eigenvalue weighted by atomic mass is 9.76. The third-order valence-corrected chi connectivity index (χ3v) is 4.30. The highest BCUT2D eigenvalue weighted by molar-refractivity contribution is 5.30. The first kappa shape index (κ1) is 26.0. The summed E-state index contributed by atoms with van der Waals surface area (Å²) in [5.41, 5.74) is 1.74. The molecule has 0 radical (unpaired) electrons. The molecule has 0 aliphatic heterocycles. The largest absolute Gasteiger partial charge is 0.465 e. The van der Waals surface area contributed by atoms with Gasteiger partial charge < -0.3 is 9.47 Å². The normalized spacial score (nSPS) is 14.1. The van der Waals surface area contributed by atoms with Crippen LogP contribution in [0.5, 0.6) is 5.75 Å². The zero-order chi connectivity index (χ0) is 21.2. The first-order valence-electron chi connectivity index (χ1n) is 10.9. The van der Waals surface area contributed by atoms with Crippen molar-refractivity contribution in [3.05, 3.63) is 29.8 Å². The Kier molecular flexibility index (Phi) is 12.0. The zero-order valence-corrected chi connectivity index (χ0v) is 19.9. The predicted molar refractivity (Wildman–Crippen MR) is 120 cm³/mol. The first-order chi connectivity index (χ1) is 12.5. The van der Waals surface area contributed by atoms with E-state index in [1.54, 1.807) is 0 Å². The Morgan fingerprint density at radius 1 is 0.852 bits per heavy atom. The Hall–Kier alpha value is -1.02. The molecule has 2 atom stereocenters. The number of benzene rings is 1. The molecule has 0 spiro atoms. The lowest BCUT2D eigenvalue weighted by Crippen LogP contribution is -2.26. The third-order valence-electron chi connectivity index (χ3n) is 4.30. The van der Waals surface area contributed by atoms with Gasteiger partial charge in [-0.25, -0.2) is 0 Å². The van der Waals surface area contributed by atoms with Crippen molar-refractivity contribution in [2.45, 2.75) is 107 Å². The predicted octanol–water partition coefficient (Wildman–Crippen LogP) is 8.06. The second-order valence-electron chi connectivity index (χ2n) is 9.55. The molecular weight excluding hydrogens is 332 g/mol. The molecule has 0 aliphatic rings. The molecule has 2 unspecified atom stereocenters. The molecule has 0 saturated carbocycles. The fourth-order valence-corrected chi connectivity index (χ4v) is 3.16. The van der Waals surface area contributed by atoms with E-state index in [0.717, 1.165) is 12.2 Å². The molecule has 0 heterocycles. The molecule has 0 fully saturated rings. The monoisotopic (exact) mass is 378 g/mol. The van der Waals surface area contributed by atoms with Crippen LogP contribution in [0.4, 0.5) is 0 Å². The summed E-state index contributed by atoms with van der Waals surface area (Å²) in [4.78, 5) is 0. The van der Waals surface area contributed by atoms with E-state index in [1.165, 1.54) is 12.0 Å². The maximum atomic E-state index is 6.11. The molecule has 0 aromatic heterocycles. The Morgan fingerprint density at radius 3 is 1.74 bits per heavy atom. The second kappa shape index (κ2) is 12.4. The average molecular weight is 379 g/mol. The van der Waals surface area contributed by atoms with Crippen LogP contribution in [0.15, 0.2) is 24.3 Å². The first-order valence-corrected chi connectivity index (χ1v) is 10.9. The van der Waals surface area contributed by atoms with E-state index in [-0.39, 0.29) is 12.4 Å². The molecule has 1 aromatic carbocycles. The quantitative estimate of drug-likeness (QED) is 0.404.